The van der Waals surface area contributed by atoms with Gasteiger partial charge in [-0.2, -0.15) is 0 Å². The van der Waals surface area contributed by atoms with E-state index >= 15 is 0 Å². The number of ether oxygens (including phenoxy) is 1. The molecule has 2 atom stereocenters. The van der Waals surface area contributed by atoms with Crippen molar-refractivity contribution < 1.29 is 4.74 Å². The first-order valence-corrected chi connectivity index (χ1v) is 7.19. The van der Waals surface area contributed by atoms with Gasteiger partial charge in [0.15, 0.2) is 0 Å². The topological polar surface area (TPSA) is 24.5 Å². The molecule has 1 heterocycles. The van der Waals surface area contributed by atoms with Crippen molar-refractivity contribution in [3.63, 3.8) is 0 Å². The summed E-state index contributed by atoms with van der Waals surface area (Å²) in [5.41, 5.74) is 0. The molecule has 1 N–H and O–H groups in total. The van der Waals surface area contributed by atoms with Crippen LogP contribution in [0.1, 0.15) is 40.5 Å². The van der Waals surface area contributed by atoms with Gasteiger partial charge in [0.1, 0.15) is 0 Å². The van der Waals surface area contributed by atoms with Crippen LogP contribution < -0.4 is 5.32 Å². The van der Waals surface area contributed by atoms with Gasteiger partial charge in [0, 0.05) is 19.1 Å². The normalized spacial score (nSPS) is 28.1. The van der Waals surface area contributed by atoms with E-state index in [-0.39, 0.29) is 0 Å². The SMILES string of the molecule is CCC1CCN(CCOC(C)C)CC(C)CN1. The van der Waals surface area contributed by atoms with E-state index in [1.807, 2.05) is 0 Å². The minimum Gasteiger partial charge on any atom is -0.377 e. The van der Waals surface area contributed by atoms with Crippen LogP contribution in [-0.4, -0.2) is 49.8 Å². The Kier molecular flexibility index (Phi) is 7.09. The molecule has 0 aromatic rings. The minimum absolute atomic E-state index is 0.354. The standard InChI is InChI=1S/C14H30N2O/c1-5-14-6-7-16(8-9-17-12(2)3)11-13(4)10-15-14/h12-15H,5-11H2,1-4H3. The van der Waals surface area contributed by atoms with E-state index < -0.39 is 0 Å². The van der Waals surface area contributed by atoms with E-state index in [4.69, 9.17) is 4.74 Å². The quantitative estimate of drug-likeness (QED) is 0.799. The zero-order valence-electron chi connectivity index (χ0n) is 12.0. The Morgan fingerprint density at radius 1 is 1.41 bits per heavy atom. The van der Waals surface area contributed by atoms with Gasteiger partial charge in [0.05, 0.1) is 12.7 Å². The molecule has 0 bridgehead atoms. The summed E-state index contributed by atoms with van der Waals surface area (Å²) in [6.45, 7) is 14.3. The third kappa shape index (κ3) is 6.39. The van der Waals surface area contributed by atoms with Crippen LogP contribution in [0.5, 0.6) is 0 Å². The fourth-order valence-corrected chi connectivity index (χ4v) is 2.37. The lowest BCUT2D eigenvalue weighted by atomic mass is 10.0. The highest BCUT2D eigenvalue weighted by atomic mass is 16.5. The van der Waals surface area contributed by atoms with Crippen LogP contribution in [0.25, 0.3) is 0 Å². The van der Waals surface area contributed by atoms with Crippen LogP contribution >= 0.6 is 0 Å². The molecule has 1 aliphatic heterocycles. The first kappa shape index (κ1) is 14.9. The molecule has 0 spiro atoms. The van der Waals surface area contributed by atoms with Gasteiger partial charge in [0.25, 0.3) is 0 Å². The van der Waals surface area contributed by atoms with Gasteiger partial charge in [-0.15, -0.1) is 0 Å². The third-order valence-electron chi connectivity index (χ3n) is 3.47. The summed E-state index contributed by atoms with van der Waals surface area (Å²) in [6, 6.07) is 0.700. The van der Waals surface area contributed by atoms with Crippen molar-refractivity contribution in [3.05, 3.63) is 0 Å². The summed E-state index contributed by atoms with van der Waals surface area (Å²) in [4.78, 5) is 2.57. The second-order valence-electron chi connectivity index (χ2n) is 5.63. The van der Waals surface area contributed by atoms with Crippen molar-refractivity contribution in [1.82, 2.24) is 10.2 Å². The van der Waals surface area contributed by atoms with E-state index in [2.05, 4.69) is 37.9 Å². The highest BCUT2D eigenvalue weighted by molar-refractivity contribution is 4.75. The largest absolute Gasteiger partial charge is 0.377 e. The van der Waals surface area contributed by atoms with Gasteiger partial charge in [-0.3, -0.25) is 0 Å². The maximum atomic E-state index is 5.65. The molecule has 1 aliphatic rings. The minimum atomic E-state index is 0.354. The average molecular weight is 242 g/mol. The van der Waals surface area contributed by atoms with Crippen LogP contribution in [0.15, 0.2) is 0 Å². The second kappa shape index (κ2) is 8.06. The molecular weight excluding hydrogens is 212 g/mol. The monoisotopic (exact) mass is 242 g/mol. The lowest BCUT2D eigenvalue weighted by Gasteiger charge is -2.32. The summed E-state index contributed by atoms with van der Waals surface area (Å²) in [6.07, 6.45) is 2.86. The van der Waals surface area contributed by atoms with E-state index in [1.165, 1.54) is 25.9 Å². The summed E-state index contributed by atoms with van der Waals surface area (Å²) < 4.78 is 5.65. The van der Waals surface area contributed by atoms with Crippen molar-refractivity contribution in [2.45, 2.75) is 52.7 Å². The Bertz CT molecular complexity index is 197. The lowest BCUT2D eigenvalue weighted by molar-refractivity contribution is 0.0532. The van der Waals surface area contributed by atoms with Gasteiger partial charge in [0.2, 0.25) is 0 Å². The van der Waals surface area contributed by atoms with Gasteiger partial charge in [-0.1, -0.05) is 13.8 Å². The van der Waals surface area contributed by atoms with Gasteiger partial charge in [-0.05, 0) is 45.7 Å². The van der Waals surface area contributed by atoms with Crippen molar-refractivity contribution >= 4 is 0 Å². The summed E-state index contributed by atoms with van der Waals surface area (Å²) in [7, 11) is 0. The molecule has 0 aliphatic carbocycles. The van der Waals surface area contributed by atoms with Crippen molar-refractivity contribution in [2.75, 3.05) is 32.8 Å². The van der Waals surface area contributed by atoms with E-state index in [0.29, 0.717) is 12.1 Å². The molecule has 0 saturated carbocycles. The Hall–Kier alpha value is -0.120. The van der Waals surface area contributed by atoms with Crippen LogP contribution in [0, 0.1) is 5.92 Å². The predicted octanol–water partition coefficient (Wildman–Crippen LogP) is 2.12. The zero-order chi connectivity index (χ0) is 12.7. The van der Waals surface area contributed by atoms with Crippen molar-refractivity contribution in [3.8, 4) is 0 Å². The van der Waals surface area contributed by atoms with E-state index in [1.54, 1.807) is 0 Å². The Morgan fingerprint density at radius 2 is 2.18 bits per heavy atom. The Balaban J connectivity index is 2.31. The van der Waals surface area contributed by atoms with Crippen LogP contribution in [-0.2, 0) is 4.74 Å². The third-order valence-corrected chi connectivity index (χ3v) is 3.47. The molecule has 0 radical (unpaired) electrons. The molecular formula is C14H30N2O. The smallest absolute Gasteiger partial charge is 0.0596 e. The fourth-order valence-electron chi connectivity index (χ4n) is 2.37. The molecule has 0 aromatic heterocycles. The molecule has 1 rings (SSSR count). The van der Waals surface area contributed by atoms with Crippen LogP contribution in [0.3, 0.4) is 0 Å². The highest BCUT2D eigenvalue weighted by Crippen LogP contribution is 2.09. The maximum Gasteiger partial charge on any atom is 0.0596 e. The molecule has 17 heavy (non-hydrogen) atoms. The molecule has 2 unspecified atom stereocenters. The number of hydrogen-bond donors (Lipinski definition) is 1. The molecule has 3 heteroatoms. The molecule has 1 saturated heterocycles. The number of rotatable bonds is 5. The van der Waals surface area contributed by atoms with Crippen molar-refractivity contribution in [1.29, 1.82) is 0 Å². The van der Waals surface area contributed by atoms with Gasteiger partial charge in [-0.25, -0.2) is 0 Å². The predicted molar refractivity (Wildman–Crippen MR) is 73.4 cm³/mol. The maximum absolute atomic E-state index is 5.65. The molecule has 0 amide bonds. The average Bonchev–Trinajstić information content (AvgIpc) is 2.25. The molecule has 3 nitrogen and oxygen atoms in total. The summed E-state index contributed by atoms with van der Waals surface area (Å²) in [5, 5.41) is 3.66. The fraction of sp³-hybridized carbons (Fsp3) is 1.00. The first-order chi connectivity index (χ1) is 8.11. The lowest BCUT2D eigenvalue weighted by Crippen LogP contribution is -2.44. The zero-order valence-corrected chi connectivity index (χ0v) is 12.0. The number of nitrogens with zero attached hydrogens (tertiary/aromatic N) is 1. The molecule has 102 valence electrons. The summed E-state index contributed by atoms with van der Waals surface area (Å²) in [5.74, 6) is 0.739. The van der Waals surface area contributed by atoms with E-state index in [0.717, 1.165) is 25.6 Å². The Morgan fingerprint density at radius 3 is 2.82 bits per heavy atom. The number of nitrogens with one attached hydrogen (secondary N) is 1. The molecule has 1 fully saturated rings. The van der Waals surface area contributed by atoms with Crippen LogP contribution in [0.4, 0.5) is 0 Å². The van der Waals surface area contributed by atoms with Crippen molar-refractivity contribution in [2.24, 2.45) is 5.92 Å². The highest BCUT2D eigenvalue weighted by Gasteiger charge is 2.17. The summed E-state index contributed by atoms with van der Waals surface area (Å²) >= 11 is 0. The van der Waals surface area contributed by atoms with Gasteiger partial charge < -0.3 is 15.0 Å². The van der Waals surface area contributed by atoms with E-state index in [9.17, 15) is 0 Å². The molecule has 0 aromatic carbocycles. The second-order valence-corrected chi connectivity index (χ2v) is 5.63. The van der Waals surface area contributed by atoms with Crippen LogP contribution in [0.2, 0.25) is 0 Å². The first-order valence-electron chi connectivity index (χ1n) is 7.19. The van der Waals surface area contributed by atoms with Gasteiger partial charge >= 0.3 is 0 Å². The number of hydrogen-bond acceptors (Lipinski definition) is 3. The Labute approximate surface area is 107 Å².